The van der Waals surface area contributed by atoms with Crippen LogP contribution in [0.4, 0.5) is 11.5 Å². The number of sulfone groups is 1. The predicted molar refractivity (Wildman–Crippen MR) is 99.7 cm³/mol. The van der Waals surface area contributed by atoms with E-state index in [9.17, 15) is 16.8 Å². The zero-order valence-corrected chi connectivity index (χ0v) is 15.8. The summed E-state index contributed by atoms with van der Waals surface area (Å²) < 4.78 is 50.9. The van der Waals surface area contributed by atoms with Gasteiger partial charge in [0.25, 0.3) is 10.0 Å². The van der Waals surface area contributed by atoms with Crippen molar-refractivity contribution < 1.29 is 16.8 Å². The summed E-state index contributed by atoms with van der Waals surface area (Å²) in [5, 5.41) is 3.26. The second-order valence-electron chi connectivity index (χ2n) is 5.99. The fourth-order valence-electron chi connectivity index (χ4n) is 2.66. The third kappa shape index (κ3) is 4.32. The van der Waals surface area contributed by atoms with Gasteiger partial charge in [0.2, 0.25) is 0 Å². The van der Waals surface area contributed by atoms with E-state index in [4.69, 9.17) is 0 Å². The van der Waals surface area contributed by atoms with Crippen molar-refractivity contribution >= 4 is 31.4 Å². The Morgan fingerprint density at radius 3 is 2.42 bits per heavy atom. The molecule has 0 radical (unpaired) electrons. The third-order valence-corrected chi connectivity index (χ3v) is 6.47. The van der Waals surface area contributed by atoms with Crippen LogP contribution in [0.2, 0.25) is 0 Å². The van der Waals surface area contributed by atoms with Crippen LogP contribution in [-0.2, 0) is 19.9 Å². The lowest BCUT2D eigenvalue weighted by Crippen LogP contribution is -2.43. The van der Waals surface area contributed by atoms with Crippen molar-refractivity contribution in [1.82, 2.24) is 10.3 Å². The van der Waals surface area contributed by atoms with Crippen molar-refractivity contribution in [2.45, 2.75) is 9.79 Å². The van der Waals surface area contributed by atoms with E-state index >= 15 is 0 Å². The van der Waals surface area contributed by atoms with E-state index < -0.39 is 19.9 Å². The topological polar surface area (TPSA) is 108 Å². The zero-order valence-electron chi connectivity index (χ0n) is 14.2. The minimum atomic E-state index is -3.95. The van der Waals surface area contributed by atoms with E-state index in [0.717, 1.165) is 44.2 Å². The Balaban J connectivity index is 1.86. The second-order valence-corrected chi connectivity index (χ2v) is 9.69. The number of piperazine rings is 1. The Hall–Kier alpha value is -2.17. The van der Waals surface area contributed by atoms with Crippen LogP contribution in [0.5, 0.6) is 0 Å². The maximum absolute atomic E-state index is 12.6. The summed E-state index contributed by atoms with van der Waals surface area (Å²) in [5.41, 5.74) is 0.879. The van der Waals surface area contributed by atoms with E-state index in [2.05, 4.69) is 19.9 Å². The second kappa shape index (κ2) is 7.22. The van der Waals surface area contributed by atoms with E-state index in [1.807, 2.05) is 6.07 Å². The van der Waals surface area contributed by atoms with Crippen molar-refractivity contribution in [2.75, 3.05) is 42.1 Å². The molecule has 0 saturated carbocycles. The van der Waals surface area contributed by atoms with Crippen molar-refractivity contribution in [3.8, 4) is 0 Å². The van der Waals surface area contributed by atoms with E-state index in [-0.39, 0.29) is 15.6 Å². The van der Waals surface area contributed by atoms with Gasteiger partial charge in [0.05, 0.1) is 9.79 Å². The Kier molecular flexibility index (Phi) is 5.17. The molecule has 3 rings (SSSR count). The summed E-state index contributed by atoms with van der Waals surface area (Å²) in [6, 6.07) is 8.73. The van der Waals surface area contributed by atoms with Gasteiger partial charge in [0.1, 0.15) is 5.82 Å². The maximum atomic E-state index is 12.6. The molecule has 1 aromatic heterocycles. The van der Waals surface area contributed by atoms with Gasteiger partial charge in [0.15, 0.2) is 9.84 Å². The van der Waals surface area contributed by atoms with Crippen LogP contribution in [0.15, 0.2) is 52.4 Å². The van der Waals surface area contributed by atoms with Crippen LogP contribution in [0.1, 0.15) is 0 Å². The van der Waals surface area contributed by atoms with Gasteiger partial charge in [0, 0.05) is 50.4 Å². The number of nitrogens with zero attached hydrogens (tertiary/aromatic N) is 2. The molecule has 2 N–H and O–H groups in total. The normalized spacial score (nSPS) is 15.7. The largest absolute Gasteiger partial charge is 0.369 e. The number of sulfonamides is 1. The van der Waals surface area contributed by atoms with E-state index in [1.54, 1.807) is 12.3 Å². The van der Waals surface area contributed by atoms with Crippen LogP contribution in [-0.4, -0.2) is 54.3 Å². The molecule has 0 unspecified atom stereocenters. The number of aromatic nitrogens is 1. The van der Waals surface area contributed by atoms with Gasteiger partial charge >= 0.3 is 0 Å². The Morgan fingerprint density at radius 1 is 1.04 bits per heavy atom. The molecule has 1 fully saturated rings. The highest BCUT2D eigenvalue weighted by Crippen LogP contribution is 2.22. The zero-order chi connectivity index (χ0) is 18.8. The van der Waals surface area contributed by atoms with Crippen molar-refractivity contribution in [3.63, 3.8) is 0 Å². The molecule has 8 nitrogen and oxygen atoms in total. The molecule has 1 saturated heterocycles. The Bertz CT molecular complexity index is 1000. The summed E-state index contributed by atoms with van der Waals surface area (Å²) in [5.74, 6) is 0.186. The first-order valence-corrected chi connectivity index (χ1v) is 11.4. The number of hydrogen-bond donors (Lipinski definition) is 2. The molecular weight excluding hydrogens is 376 g/mol. The van der Waals surface area contributed by atoms with Crippen LogP contribution < -0.4 is 14.9 Å². The minimum absolute atomic E-state index is 0.0529. The molecule has 0 spiro atoms. The molecule has 1 aliphatic rings. The van der Waals surface area contributed by atoms with E-state index in [1.165, 1.54) is 18.2 Å². The van der Waals surface area contributed by atoms with Gasteiger partial charge in [-0.1, -0.05) is 6.07 Å². The molecule has 140 valence electrons. The fraction of sp³-hybridized carbons (Fsp3) is 0.312. The number of nitrogens with one attached hydrogen (secondary N) is 2. The minimum Gasteiger partial charge on any atom is -0.369 e. The van der Waals surface area contributed by atoms with Gasteiger partial charge < -0.3 is 10.2 Å². The average molecular weight is 396 g/mol. The van der Waals surface area contributed by atoms with Crippen molar-refractivity contribution in [2.24, 2.45) is 0 Å². The van der Waals surface area contributed by atoms with Gasteiger partial charge in [-0.2, -0.15) is 0 Å². The van der Waals surface area contributed by atoms with Gasteiger partial charge in [-0.05, 0) is 24.3 Å². The van der Waals surface area contributed by atoms with Crippen LogP contribution in [0.3, 0.4) is 0 Å². The molecule has 2 aromatic rings. The first-order valence-electron chi connectivity index (χ1n) is 8.00. The number of anilines is 2. The molecule has 1 aliphatic heterocycles. The Morgan fingerprint density at radius 2 is 1.73 bits per heavy atom. The smallest absolute Gasteiger partial charge is 0.263 e. The lowest BCUT2D eigenvalue weighted by Gasteiger charge is -2.29. The molecule has 2 heterocycles. The molecule has 0 amide bonds. The molecule has 0 bridgehead atoms. The monoisotopic (exact) mass is 396 g/mol. The maximum Gasteiger partial charge on any atom is 0.263 e. The quantitative estimate of drug-likeness (QED) is 0.766. The predicted octanol–water partition coefficient (Wildman–Crippen LogP) is 0.695. The molecule has 10 heteroatoms. The number of benzene rings is 1. The van der Waals surface area contributed by atoms with Gasteiger partial charge in [-0.25, -0.2) is 21.8 Å². The molecular formula is C16H20N4O4S2. The average Bonchev–Trinajstić information content (AvgIpc) is 2.62. The summed E-state index contributed by atoms with van der Waals surface area (Å²) in [6.45, 7) is 3.38. The van der Waals surface area contributed by atoms with Crippen LogP contribution in [0, 0.1) is 0 Å². The third-order valence-electron chi connectivity index (χ3n) is 4.01. The highest BCUT2D eigenvalue weighted by Gasteiger charge is 2.19. The summed E-state index contributed by atoms with van der Waals surface area (Å²) in [4.78, 5) is 6.02. The molecule has 0 atom stereocenters. The molecule has 1 aromatic carbocycles. The Labute approximate surface area is 153 Å². The first kappa shape index (κ1) is 18.6. The summed E-state index contributed by atoms with van der Waals surface area (Å²) in [7, 11) is -7.45. The highest BCUT2D eigenvalue weighted by molar-refractivity contribution is 7.93. The SMILES string of the molecule is CS(=O)(=O)c1cccc(S(=O)(=O)Nc2cc(N3CCNCC3)ccn2)c1. The van der Waals surface area contributed by atoms with Crippen LogP contribution >= 0.6 is 0 Å². The van der Waals surface area contributed by atoms with Crippen molar-refractivity contribution in [3.05, 3.63) is 42.6 Å². The molecule has 0 aliphatic carbocycles. The summed E-state index contributed by atoms with van der Waals surface area (Å²) >= 11 is 0. The number of hydrogen-bond acceptors (Lipinski definition) is 7. The van der Waals surface area contributed by atoms with Crippen LogP contribution in [0.25, 0.3) is 0 Å². The van der Waals surface area contributed by atoms with Crippen molar-refractivity contribution in [1.29, 1.82) is 0 Å². The van der Waals surface area contributed by atoms with Gasteiger partial charge in [-0.15, -0.1) is 0 Å². The first-order chi connectivity index (χ1) is 12.3. The number of pyridine rings is 1. The standard InChI is InChI=1S/C16H20N4O4S2/c1-25(21,22)14-3-2-4-15(12-14)26(23,24)19-16-11-13(5-6-18-16)20-9-7-17-8-10-20/h2-6,11-12,17H,7-10H2,1H3,(H,18,19). The lowest BCUT2D eigenvalue weighted by molar-refractivity contribution is 0.589. The fourth-order valence-corrected chi connectivity index (χ4v) is 4.45. The number of rotatable bonds is 5. The van der Waals surface area contributed by atoms with Gasteiger partial charge in [-0.3, -0.25) is 4.72 Å². The highest BCUT2D eigenvalue weighted by atomic mass is 32.2. The van der Waals surface area contributed by atoms with E-state index in [0.29, 0.717) is 0 Å². The summed E-state index contributed by atoms with van der Waals surface area (Å²) in [6.07, 6.45) is 2.58. The molecule has 26 heavy (non-hydrogen) atoms. The lowest BCUT2D eigenvalue weighted by atomic mass is 10.3.